The summed E-state index contributed by atoms with van der Waals surface area (Å²) < 4.78 is 5.56. The van der Waals surface area contributed by atoms with E-state index < -0.39 is 0 Å². The van der Waals surface area contributed by atoms with Gasteiger partial charge in [-0.3, -0.25) is 4.99 Å². The van der Waals surface area contributed by atoms with E-state index in [0.29, 0.717) is 12.1 Å². The predicted molar refractivity (Wildman–Crippen MR) is 129 cm³/mol. The summed E-state index contributed by atoms with van der Waals surface area (Å²) in [5.74, 6) is 1.79. The molecule has 2 N–H and O–H groups in total. The molecule has 2 rings (SSSR count). The highest BCUT2D eigenvalue weighted by Crippen LogP contribution is 2.27. The number of rotatable bonds is 7. The highest BCUT2D eigenvalue weighted by molar-refractivity contribution is 14.0. The molecule has 1 fully saturated rings. The van der Waals surface area contributed by atoms with E-state index in [0.717, 1.165) is 44.2 Å². The Morgan fingerprint density at radius 1 is 1.25 bits per heavy atom. The topological polar surface area (TPSA) is 52.1 Å². The fraction of sp³-hybridized carbons (Fsp3) is 0.667. The lowest BCUT2D eigenvalue weighted by Gasteiger charge is -2.35. The van der Waals surface area contributed by atoms with Gasteiger partial charge in [-0.1, -0.05) is 18.2 Å². The lowest BCUT2D eigenvalue weighted by Crippen LogP contribution is -2.50. The fourth-order valence-electron chi connectivity index (χ4n) is 3.65. The number of likely N-dealkylation sites (N-methyl/N-ethyl adjacent to an activating group) is 1. The summed E-state index contributed by atoms with van der Waals surface area (Å²) in [5, 5.41) is 7.11. The molecule has 1 aromatic rings. The van der Waals surface area contributed by atoms with Gasteiger partial charge in [-0.05, 0) is 46.9 Å². The van der Waals surface area contributed by atoms with Crippen molar-refractivity contribution in [3.8, 4) is 5.75 Å². The monoisotopic (exact) mass is 503 g/mol. The van der Waals surface area contributed by atoms with Gasteiger partial charge in [0, 0.05) is 44.3 Å². The quantitative estimate of drug-likeness (QED) is 0.341. The number of methoxy groups -OCH3 is 1. The minimum atomic E-state index is 0. The molecule has 6 nitrogen and oxygen atoms in total. The van der Waals surface area contributed by atoms with Crippen molar-refractivity contribution in [1.29, 1.82) is 0 Å². The van der Waals surface area contributed by atoms with Crippen LogP contribution in [0.1, 0.15) is 38.3 Å². The van der Waals surface area contributed by atoms with Crippen LogP contribution in [-0.4, -0.2) is 75.7 Å². The standard InChI is InChI=1S/C21H37N5O.HI/c1-16(2)26-13-11-17(12-14-26)24-21(22-3)23-15-19(25(4)5)18-9-7-8-10-20(18)27-6;/h7-10,16-17,19H,11-15H2,1-6H3,(H2,22,23,24);1H. The third kappa shape index (κ3) is 7.08. The number of ether oxygens (including phenoxy) is 1. The number of nitrogens with one attached hydrogen (secondary N) is 2. The van der Waals surface area contributed by atoms with Gasteiger partial charge in [0.15, 0.2) is 5.96 Å². The van der Waals surface area contributed by atoms with Crippen molar-refractivity contribution in [3.63, 3.8) is 0 Å². The van der Waals surface area contributed by atoms with Crippen molar-refractivity contribution in [3.05, 3.63) is 29.8 Å². The largest absolute Gasteiger partial charge is 0.496 e. The molecular formula is C21H38IN5O. The van der Waals surface area contributed by atoms with Gasteiger partial charge in [-0.15, -0.1) is 24.0 Å². The molecule has 1 aliphatic rings. The van der Waals surface area contributed by atoms with Crippen molar-refractivity contribution in [2.24, 2.45) is 4.99 Å². The zero-order chi connectivity index (χ0) is 19.8. The zero-order valence-corrected chi connectivity index (χ0v) is 20.6. The summed E-state index contributed by atoms with van der Waals surface area (Å²) in [7, 11) is 7.75. The van der Waals surface area contributed by atoms with Crippen LogP contribution in [0.4, 0.5) is 0 Å². The van der Waals surface area contributed by atoms with E-state index in [1.54, 1.807) is 7.11 Å². The average Bonchev–Trinajstić information content (AvgIpc) is 2.67. The molecule has 1 heterocycles. The van der Waals surface area contributed by atoms with E-state index in [-0.39, 0.29) is 30.0 Å². The molecule has 0 spiro atoms. The number of likely N-dealkylation sites (tertiary alicyclic amines) is 1. The van der Waals surface area contributed by atoms with E-state index in [4.69, 9.17) is 4.74 Å². The zero-order valence-electron chi connectivity index (χ0n) is 18.2. The molecule has 7 heteroatoms. The third-order valence-electron chi connectivity index (χ3n) is 5.41. The first-order valence-corrected chi connectivity index (χ1v) is 9.96. The summed E-state index contributed by atoms with van der Waals surface area (Å²) in [6.07, 6.45) is 2.31. The number of nitrogens with zero attached hydrogens (tertiary/aromatic N) is 3. The van der Waals surface area contributed by atoms with Crippen LogP contribution in [0.3, 0.4) is 0 Å². The second-order valence-electron chi connectivity index (χ2n) is 7.72. The van der Waals surface area contributed by atoms with Gasteiger partial charge in [0.25, 0.3) is 0 Å². The maximum atomic E-state index is 5.56. The van der Waals surface area contributed by atoms with Crippen molar-refractivity contribution in [1.82, 2.24) is 20.4 Å². The van der Waals surface area contributed by atoms with E-state index >= 15 is 0 Å². The van der Waals surface area contributed by atoms with Crippen LogP contribution in [0.15, 0.2) is 29.3 Å². The second kappa shape index (κ2) is 12.5. The fourth-order valence-corrected chi connectivity index (χ4v) is 3.65. The number of benzene rings is 1. The maximum Gasteiger partial charge on any atom is 0.191 e. The first kappa shape index (κ1) is 25.0. The van der Waals surface area contributed by atoms with Crippen LogP contribution in [-0.2, 0) is 0 Å². The Bertz CT molecular complexity index is 600. The van der Waals surface area contributed by atoms with Crippen molar-refractivity contribution >= 4 is 29.9 Å². The van der Waals surface area contributed by atoms with Gasteiger partial charge >= 0.3 is 0 Å². The molecule has 0 amide bonds. The molecule has 0 aromatic heterocycles. The van der Waals surface area contributed by atoms with Crippen molar-refractivity contribution < 1.29 is 4.74 Å². The molecular weight excluding hydrogens is 465 g/mol. The van der Waals surface area contributed by atoms with Gasteiger partial charge in [-0.25, -0.2) is 0 Å². The van der Waals surface area contributed by atoms with Gasteiger partial charge in [-0.2, -0.15) is 0 Å². The average molecular weight is 503 g/mol. The number of hydrogen-bond donors (Lipinski definition) is 2. The lowest BCUT2D eigenvalue weighted by molar-refractivity contribution is 0.167. The van der Waals surface area contributed by atoms with E-state index in [1.165, 1.54) is 5.56 Å². The number of halogens is 1. The normalized spacial score (nSPS) is 17.4. The van der Waals surface area contributed by atoms with Crippen LogP contribution in [0.5, 0.6) is 5.75 Å². The maximum absolute atomic E-state index is 5.56. The van der Waals surface area contributed by atoms with E-state index in [2.05, 4.69) is 65.5 Å². The number of guanidine groups is 1. The summed E-state index contributed by atoms with van der Waals surface area (Å²) in [6, 6.07) is 9.52. The first-order valence-electron chi connectivity index (χ1n) is 9.96. The Kier molecular flexibility index (Phi) is 11.1. The predicted octanol–water partition coefficient (Wildman–Crippen LogP) is 2.95. The Balaban J connectivity index is 0.00000392. The molecule has 0 radical (unpaired) electrons. The van der Waals surface area contributed by atoms with Crippen molar-refractivity contribution in [2.75, 3.05) is 47.9 Å². The third-order valence-corrected chi connectivity index (χ3v) is 5.41. The smallest absolute Gasteiger partial charge is 0.191 e. The number of para-hydroxylation sites is 1. The minimum Gasteiger partial charge on any atom is -0.496 e. The lowest BCUT2D eigenvalue weighted by atomic mass is 10.0. The molecule has 0 saturated carbocycles. The van der Waals surface area contributed by atoms with Gasteiger partial charge in [0.2, 0.25) is 0 Å². The molecule has 1 saturated heterocycles. The van der Waals surface area contributed by atoms with Gasteiger partial charge in [0.1, 0.15) is 5.75 Å². The SMILES string of the molecule is CN=C(NCC(c1ccccc1OC)N(C)C)NC1CCN(C(C)C)CC1.I. The molecule has 1 atom stereocenters. The van der Waals surface area contributed by atoms with Gasteiger partial charge in [0.05, 0.1) is 13.2 Å². The Morgan fingerprint density at radius 2 is 1.89 bits per heavy atom. The highest BCUT2D eigenvalue weighted by Gasteiger charge is 2.22. The summed E-state index contributed by atoms with van der Waals surface area (Å²) in [4.78, 5) is 9.18. The summed E-state index contributed by atoms with van der Waals surface area (Å²) >= 11 is 0. The molecule has 0 aliphatic carbocycles. The molecule has 160 valence electrons. The second-order valence-corrected chi connectivity index (χ2v) is 7.72. The van der Waals surface area contributed by atoms with E-state index in [1.807, 2.05) is 19.2 Å². The van der Waals surface area contributed by atoms with Crippen LogP contribution in [0.25, 0.3) is 0 Å². The molecule has 28 heavy (non-hydrogen) atoms. The molecule has 1 aromatic carbocycles. The number of hydrogen-bond acceptors (Lipinski definition) is 4. The summed E-state index contributed by atoms with van der Waals surface area (Å²) in [6.45, 7) is 7.60. The Hall–Kier alpha value is -1.06. The Morgan fingerprint density at radius 3 is 2.43 bits per heavy atom. The molecule has 1 unspecified atom stereocenters. The molecule has 0 bridgehead atoms. The van der Waals surface area contributed by atoms with Crippen LogP contribution < -0.4 is 15.4 Å². The van der Waals surface area contributed by atoms with E-state index in [9.17, 15) is 0 Å². The number of piperidine rings is 1. The van der Waals surface area contributed by atoms with Crippen LogP contribution in [0, 0.1) is 0 Å². The molecule has 1 aliphatic heterocycles. The summed E-state index contributed by atoms with van der Waals surface area (Å²) in [5.41, 5.74) is 1.18. The minimum absolute atomic E-state index is 0. The van der Waals surface area contributed by atoms with Gasteiger partial charge < -0.3 is 25.2 Å². The number of aliphatic imine (C=N–C) groups is 1. The first-order chi connectivity index (χ1) is 13.0. The van der Waals surface area contributed by atoms with Crippen molar-refractivity contribution in [2.45, 2.75) is 44.8 Å². The van der Waals surface area contributed by atoms with Crippen LogP contribution in [0.2, 0.25) is 0 Å². The highest BCUT2D eigenvalue weighted by atomic mass is 127. The Labute approximate surface area is 188 Å². The van der Waals surface area contributed by atoms with Crippen LogP contribution >= 0.6 is 24.0 Å².